The molecule has 5 heteroatoms. The highest BCUT2D eigenvalue weighted by atomic mass is 16.4. The normalized spacial score (nSPS) is 21.1. The van der Waals surface area contributed by atoms with Crippen molar-refractivity contribution in [2.45, 2.75) is 37.5 Å². The molecule has 1 amide bonds. The molecular formula is C16H20N2O3. The number of carbonyl (C=O) groups excluding carboxylic acids is 1. The molecule has 1 aliphatic carbocycles. The third-order valence-electron chi connectivity index (χ3n) is 4.84. The summed E-state index contributed by atoms with van der Waals surface area (Å²) in [6.07, 6.45) is 3.89. The van der Waals surface area contributed by atoms with E-state index in [2.05, 4.69) is 0 Å². The van der Waals surface area contributed by atoms with Gasteiger partial charge >= 0.3 is 5.97 Å². The molecule has 1 N–H and O–H groups in total. The second-order valence-corrected chi connectivity index (χ2v) is 5.93. The number of hydrogen-bond acceptors (Lipinski definition) is 3. The van der Waals surface area contributed by atoms with Crippen molar-refractivity contribution in [3.8, 4) is 0 Å². The Hall–Kier alpha value is -2.04. The minimum absolute atomic E-state index is 0.108. The van der Waals surface area contributed by atoms with Gasteiger partial charge < -0.3 is 5.11 Å². The number of carbonyl (C=O) groups is 2. The minimum Gasteiger partial charge on any atom is -0.481 e. The molecule has 21 heavy (non-hydrogen) atoms. The van der Waals surface area contributed by atoms with Crippen molar-refractivity contribution in [1.29, 1.82) is 0 Å². The fourth-order valence-electron chi connectivity index (χ4n) is 3.51. The Balaban J connectivity index is 1.87. The number of nitrogens with zero attached hydrogens (tertiary/aromatic N) is 2. The first-order valence-corrected chi connectivity index (χ1v) is 7.42. The van der Waals surface area contributed by atoms with Crippen molar-refractivity contribution in [2.75, 3.05) is 18.6 Å². The van der Waals surface area contributed by atoms with Gasteiger partial charge in [-0.1, -0.05) is 25.0 Å². The van der Waals surface area contributed by atoms with E-state index in [1.165, 1.54) is 0 Å². The summed E-state index contributed by atoms with van der Waals surface area (Å²) < 4.78 is 0. The molecule has 1 heterocycles. The van der Waals surface area contributed by atoms with Crippen LogP contribution in [0.25, 0.3) is 0 Å². The lowest BCUT2D eigenvalue weighted by atomic mass is 9.79. The molecule has 1 saturated carbocycles. The van der Waals surface area contributed by atoms with Crippen molar-refractivity contribution in [3.05, 3.63) is 29.8 Å². The van der Waals surface area contributed by atoms with Gasteiger partial charge in [0.2, 0.25) is 5.91 Å². The van der Waals surface area contributed by atoms with Gasteiger partial charge in [0.05, 0.1) is 11.1 Å². The van der Waals surface area contributed by atoms with Crippen molar-refractivity contribution >= 4 is 17.6 Å². The van der Waals surface area contributed by atoms with E-state index in [9.17, 15) is 14.7 Å². The highest BCUT2D eigenvalue weighted by molar-refractivity contribution is 5.83. The zero-order chi connectivity index (χ0) is 15.0. The van der Waals surface area contributed by atoms with Crippen LogP contribution in [0.4, 0.5) is 5.69 Å². The molecule has 0 spiro atoms. The third-order valence-corrected chi connectivity index (χ3v) is 4.84. The number of carboxylic acids is 1. The SMILES string of the molecule is CN1C(=O)CCN1c1ccc(C2(C(=O)O)CCCC2)cc1. The lowest BCUT2D eigenvalue weighted by Crippen LogP contribution is -2.36. The molecule has 0 unspecified atom stereocenters. The average Bonchev–Trinajstić information content (AvgIpc) is 3.09. The summed E-state index contributed by atoms with van der Waals surface area (Å²) >= 11 is 0. The predicted molar refractivity (Wildman–Crippen MR) is 79.0 cm³/mol. The molecular weight excluding hydrogens is 268 g/mol. The fourth-order valence-corrected chi connectivity index (χ4v) is 3.51. The summed E-state index contributed by atoms with van der Waals surface area (Å²) in [5.41, 5.74) is 1.10. The van der Waals surface area contributed by atoms with Gasteiger partial charge in [0.1, 0.15) is 0 Å². The Kier molecular flexibility index (Phi) is 3.35. The molecule has 112 valence electrons. The second-order valence-electron chi connectivity index (χ2n) is 5.93. The van der Waals surface area contributed by atoms with E-state index in [0.717, 1.165) is 24.1 Å². The van der Waals surface area contributed by atoms with Gasteiger partial charge in [0.15, 0.2) is 0 Å². The molecule has 0 aromatic heterocycles. The van der Waals surface area contributed by atoms with Gasteiger partial charge in [-0.15, -0.1) is 0 Å². The van der Waals surface area contributed by atoms with Gasteiger partial charge in [0.25, 0.3) is 0 Å². The van der Waals surface area contributed by atoms with Crippen LogP contribution < -0.4 is 5.01 Å². The van der Waals surface area contributed by atoms with E-state index in [1.807, 2.05) is 29.3 Å². The molecule has 1 aliphatic heterocycles. The van der Waals surface area contributed by atoms with Crippen LogP contribution in [0.2, 0.25) is 0 Å². The molecule has 5 nitrogen and oxygen atoms in total. The number of hydrazine groups is 1. The topological polar surface area (TPSA) is 60.9 Å². The van der Waals surface area contributed by atoms with Gasteiger partial charge in [-0.3, -0.25) is 19.6 Å². The molecule has 1 saturated heterocycles. The van der Waals surface area contributed by atoms with E-state index >= 15 is 0 Å². The van der Waals surface area contributed by atoms with Crippen LogP contribution in [0.1, 0.15) is 37.7 Å². The van der Waals surface area contributed by atoms with Crippen molar-refractivity contribution in [2.24, 2.45) is 0 Å². The van der Waals surface area contributed by atoms with E-state index < -0.39 is 11.4 Å². The summed E-state index contributed by atoms with van der Waals surface area (Å²) in [6, 6.07) is 7.66. The quantitative estimate of drug-likeness (QED) is 0.926. The van der Waals surface area contributed by atoms with Crippen molar-refractivity contribution in [1.82, 2.24) is 5.01 Å². The van der Waals surface area contributed by atoms with Gasteiger partial charge in [0, 0.05) is 20.0 Å². The van der Waals surface area contributed by atoms with Gasteiger partial charge in [-0.25, -0.2) is 0 Å². The molecule has 1 aromatic rings. The largest absolute Gasteiger partial charge is 0.481 e. The fraction of sp³-hybridized carbons (Fsp3) is 0.500. The number of aliphatic carboxylic acids is 1. The van der Waals surface area contributed by atoms with E-state index in [-0.39, 0.29) is 5.91 Å². The number of rotatable bonds is 3. The molecule has 2 fully saturated rings. The van der Waals surface area contributed by atoms with Crippen molar-refractivity contribution in [3.63, 3.8) is 0 Å². The first kappa shape index (κ1) is 13.9. The van der Waals surface area contributed by atoms with Crippen LogP contribution in [0.3, 0.4) is 0 Å². The first-order valence-electron chi connectivity index (χ1n) is 7.42. The Bertz CT molecular complexity index is 561. The molecule has 2 aliphatic rings. The van der Waals surface area contributed by atoms with Gasteiger partial charge in [-0.05, 0) is 30.5 Å². The standard InChI is InChI=1S/C16H20N2O3/c1-17-14(19)8-11-18(17)13-6-4-12(5-7-13)16(15(20)21)9-2-3-10-16/h4-7H,2-3,8-11H2,1H3,(H,20,21). The lowest BCUT2D eigenvalue weighted by Gasteiger charge is -2.28. The van der Waals surface area contributed by atoms with E-state index in [0.29, 0.717) is 25.8 Å². The number of hydrogen-bond donors (Lipinski definition) is 1. The maximum absolute atomic E-state index is 11.7. The summed E-state index contributed by atoms with van der Waals surface area (Å²) in [5.74, 6) is -0.613. The maximum Gasteiger partial charge on any atom is 0.314 e. The summed E-state index contributed by atoms with van der Waals surface area (Å²) in [7, 11) is 1.76. The molecule has 0 bridgehead atoms. The average molecular weight is 288 g/mol. The number of benzene rings is 1. The predicted octanol–water partition coefficient (Wildman–Crippen LogP) is 2.17. The molecule has 0 radical (unpaired) electrons. The Labute approximate surface area is 124 Å². The van der Waals surface area contributed by atoms with Gasteiger partial charge in [-0.2, -0.15) is 0 Å². The maximum atomic E-state index is 11.7. The van der Waals surface area contributed by atoms with E-state index in [1.54, 1.807) is 12.1 Å². The van der Waals surface area contributed by atoms with Crippen LogP contribution >= 0.6 is 0 Å². The van der Waals surface area contributed by atoms with Crippen LogP contribution in [0.15, 0.2) is 24.3 Å². The minimum atomic E-state index is -0.721. The number of anilines is 1. The van der Waals surface area contributed by atoms with Crippen molar-refractivity contribution < 1.29 is 14.7 Å². The number of amides is 1. The van der Waals surface area contributed by atoms with Crippen LogP contribution in [-0.4, -0.2) is 35.6 Å². The van der Waals surface area contributed by atoms with Crippen LogP contribution in [-0.2, 0) is 15.0 Å². The third kappa shape index (κ3) is 2.17. The highest BCUT2D eigenvalue weighted by Crippen LogP contribution is 2.41. The molecule has 3 rings (SSSR count). The molecule has 1 aromatic carbocycles. The smallest absolute Gasteiger partial charge is 0.314 e. The van der Waals surface area contributed by atoms with Crippen LogP contribution in [0, 0.1) is 0 Å². The number of carboxylic acid groups (broad SMARTS) is 1. The zero-order valence-corrected chi connectivity index (χ0v) is 12.2. The highest BCUT2D eigenvalue weighted by Gasteiger charge is 2.42. The Morgan fingerprint density at radius 3 is 2.29 bits per heavy atom. The Morgan fingerprint density at radius 2 is 1.81 bits per heavy atom. The monoisotopic (exact) mass is 288 g/mol. The van der Waals surface area contributed by atoms with E-state index in [4.69, 9.17) is 0 Å². The first-order chi connectivity index (χ1) is 10.0. The molecule has 0 atom stereocenters. The lowest BCUT2D eigenvalue weighted by molar-refractivity contribution is -0.143. The second kappa shape index (κ2) is 5.06. The zero-order valence-electron chi connectivity index (χ0n) is 12.2. The van der Waals surface area contributed by atoms with Crippen LogP contribution in [0.5, 0.6) is 0 Å². The summed E-state index contributed by atoms with van der Waals surface area (Å²) in [6.45, 7) is 0.679. The summed E-state index contributed by atoms with van der Waals surface area (Å²) in [5, 5.41) is 13.2. The Morgan fingerprint density at radius 1 is 1.19 bits per heavy atom. The summed E-state index contributed by atoms with van der Waals surface area (Å²) in [4.78, 5) is 23.3.